The van der Waals surface area contributed by atoms with Crippen molar-refractivity contribution in [3.8, 4) is 0 Å². The molecule has 0 bridgehead atoms. The Kier molecular flexibility index (Phi) is 5.46. The van der Waals surface area contributed by atoms with Crippen molar-refractivity contribution in [1.29, 1.82) is 0 Å². The number of rotatable bonds is 5. The minimum absolute atomic E-state index is 0.00279. The van der Waals surface area contributed by atoms with Crippen LogP contribution in [0.1, 0.15) is 47.0 Å². The number of likely N-dealkylation sites (tertiary alicyclic amines) is 1. The van der Waals surface area contributed by atoms with Crippen LogP contribution in [0.5, 0.6) is 0 Å². The summed E-state index contributed by atoms with van der Waals surface area (Å²) in [6.07, 6.45) is 1.15. The zero-order chi connectivity index (χ0) is 19.9. The van der Waals surface area contributed by atoms with Crippen molar-refractivity contribution in [3.05, 3.63) is 0 Å². The molecule has 26 heavy (non-hydrogen) atoms. The molecule has 0 spiro atoms. The molecule has 146 valence electrons. The number of methoxy groups -OCH3 is 1. The van der Waals surface area contributed by atoms with Gasteiger partial charge in [-0.1, -0.05) is 34.1 Å². The molecule has 2 amide bonds. The van der Waals surface area contributed by atoms with Crippen LogP contribution in [-0.4, -0.2) is 59.7 Å². The molecule has 1 heterocycles. The molecule has 8 heteroatoms. The Morgan fingerprint density at radius 2 is 2.00 bits per heavy atom. The molecule has 1 saturated carbocycles. The molecule has 1 saturated heterocycles. The Bertz CT molecular complexity index is 627. The molecular formula is C18H29N3O5. The summed E-state index contributed by atoms with van der Waals surface area (Å²) in [6, 6.07) is -1.77. The highest BCUT2D eigenvalue weighted by molar-refractivity contribution is 6.02. The van der Waals surface area contributed by atoms with Crippen molar-refractivity contribution in [2.75, 3.05) is 13.7 Å². The molecule has 3 N–H and O–H groups in total. The molecule has 0 aromatic carbocycles. The number of nitrogens with zero attached hydrogens (tertiary/aromatic N) is 1. The Balaban J connectivity index is 2.17. The van der Waals surface area contributed by atoms with E-state index in [2.05, 4.69) is 5.32 Å². The van der Waals surface area contributed by atoms with E-state index < -0.39 is 40.8 Å². The smallest absolute Gasteiger partial charge is 0.331 e. The molecule has 2 rings (SSSR count). The van der Waals surface area contributed by atoms with Gasteiger partial charge in [0.15, 0.2) is 5.78 Å². The lowest BCUT2D eigenvalue weighted by molar-refractivity contribution is -0.148. The topological polar surface area (TPSA) is 119 Å². The largest absolute Gasteiger partial charge is 0.467 e. The summed E-state index contributed by atoms with van der Waals surface area (Å²) in [5, 5.41) is 2.74. The number of ketones is 1. The first-order valence-corrected chi connectivity index (χ1v) is 8.96. The summed E-state index contributed by atoms with van der Waals surface area (Å²) in [5.41, 5.74) is 4.48. The van der Waals surface area contributed by atoms with Crippen molar-refractivity contribution < 1.29 is 23.9 Å². The first-order valence-electron chi connectivity index (χ1n) is 8.96. The van der Waals surface area contributed by atoms with Crippen LogP contribution in [0.4, 0.5) is 0 Å². The van der Waals surface area contributed by atoms with Crippen LogP contribution in [0.2, 0.25) is 0 Å². The third-order valence-electron chi connectivity index (χ3n) is 5.42. The molecule has 0 aromatic rings. The number of nitrogens with one attached hydrogen (secondary N) is 1. The fourth-order valence-electron chi connectivity index (χ4n) is 3.47. The van der Waals surface area contributed by atoms with E-state index in [1.807, 2.05) is 27.7 Å². The van der Waals surface area contributed by atoms with Gasteiger partial charge in [0.05, 0.1) is 19.7 Å². The highest BCUT2D eigenvalue weighted by Crippen LogP contribution is 2.46. The van der Waals surface area contributed by atoms with Crippen molar-refractivity contribution in [3.63, 3.8) is 0 Å². The molecule has 2 aliphatic rings. The van der Waals surface area contributed by atoms with Gasteiger partial charge in [-0.25, -0.2) is 4.79 Å². The lowest BCUT2D eigenvalue weighted by Crippen LogP contribution is -2.57. The lowest BCUT2D eigenvalue weighted by Gasteiger charge is -2.32. The predicted molar refractivity (Wildman–Crippen MR) is 93.8 cm³/mol. The van der Waals surface area contributed by atoms with Gasteiger partial charge in [0.1, 0.15) is 11.6 Å². The third-order valence-corrected chi connectivity index (χ3v) is 5.42. The average molecular weight is 367 g/mol. The maximum absolute atomic E-state index is 12.8. The normalized spacial score (nSPS) is 29.3. The summed E-state index contributed by atoms with van der Waals surface area (Å²) in [5.74, 6) is -1.64. The van der Waals surface area contributed by atoms with E-state index in [9.17, 15) is 19.2 Å². The monoisotopic (exact) mass is 367 g/mol. The zero-order valence-electron chi connectivity index (χ0n) is 16.1. The average Bonchev–Trinajstić information content (AvgIpc) is 3.14. The van der Waals surface area contributed by atoms with Gasteiger partial charge in [0.2, 0.25) is 11.8 Å². The summed E-state index contributed by atoms with van der Waals surface area (Å²) in [6.45, 7) is 7.27. The van der Waals surface area contributed by atoms with Crippen LogP contribution >= 0.6 is 0 Å². The zero-order valence-corrected chi connectivity index (χ0v) is 16.1. The standard InChI is InChI=1S/C18H29N3O5/c1-6-10-8-18(10,16(25)26-5)20-14(23)12-7-11(22)9-21(12)15(24)13(19)17(2,3)4/h10,12-13H,6-9,19H2,1-5H3,(H,20,23)/t10-,12+,13-,18?/m1/s1. The summed E-state index contributed by atoms with van der Waals surface area (Å²) < 4.78 is 4.83. The van der Waals surface area contributed by atoms with Crippen LogP contribution in [0.15, 0.2) is 0 Å². The number of carbonyl (C=O) groups excluding carboxylic acids is 4. The SMILES string of the molecule is CC[C@@H]1CC1(NC(=O)[C@@H]1CC(=O)CN1C(=O)[C@@H](N)C(C)(C)C)C(=O)OC. The van der Waals surface area contributed by atoms with Gasteiger partial charge in [0, 0.05) is 6.42 Å². The van der Waals surface area contributed by atoms with Gasteiger partial charge >= 0.3 is 5.97 Å². The number of amides is 2. The highest BCUT2D eigenvalue weighted by Gasteiger charge is 2.62. The van der Waals surface area contributed by atoms with E-state index in [0.29, 0.717) is 6.42 Å². The number of ether oxygens (including phenoxy) is 1. The minimum atomic E-state index is -1.05. The first kappa shape index (κ1) is 20.4. The van der Waals surface area contributed by atoms with Crippen LogP contribution in [0.3, 0.4) is 0 Å². The van der Waals surface area contributed by atoms with Crippen molar-refractivity contribution in [2.24, 2.45) is 17.1 Å². The summed E-state index contributed by atoms with van der Waals surface area (Å²) >= 11 is 0. The van der Waals surface area contributed by atoms with Gasteiger partial charge in [-0.05, 0) is 17.8 Å². The third kappa shape index (κ3) is 3.60. The minimum Gasteiger partial charge on any atom is -0.467 e. The Morgan fingerprint density at radius 3 is 2.46 bits per heavy atom. The maximum atomic E-state index is 12.8. The second kappa shape index (κ2) is 6.98. The van der Waals surface area contributed by atoms with Crippen LogP contribution < -0.4 is 11.1 Å². The number of esters is 1. The number of carbonyl (C=O) groups is 4. The Labute approximate surface area is 153 Å². The van der Waals surface area contributed by atoms with E-state index in [0.717, 1.165) is 6.42 Å². The van der Waals surface area contributed by atoms with Crippen LogP contribution in [0.25, 0.3) is 0 Å². The number of hydrogen-bond acceptors (Lipinski definition) is 6. The first-order chi connectivity index (χ1) is 12.0. The van der Waals surface area contributed by atoms with Crippen molar-refractivity contribution in [1.82, 2.24) is 10.2 Å². The molecule has 2 fully saturated rings. The fourth-order valence-corrected chi connectivity index (χ4v) is 3.47. The van der Waals surface area contributed by atoms with Gasteiger partial charge in [-0.15, -0.1) is 0 Å². The predicted octanol–water partition coefficient (Wildman–Crippen LogP) is -0.0123. The van der Waals surface area contributed by atoms with E-state index in [1.165, 1.54) is 12.0 Å². The van der Waals surface area contributed by atoms with E-state index in [-0.39, 0.29) is 24.7 Å². The lowest BCUT2D eigenvalue weighted by atomic mass is 9.86. The molecule has 4 atom stereocenters. The van der Waals surface area contributed by atoms with E-state index in [1.54, 1.807) is 0 Å². The second-order valence-electron chi connectivity index (χ2n) is 8.33. The maximum Gasteiger partial charge on any atom is 0.331 e. The highest BCUT2D eigenvalue weighted by atomic mass is 16.5. The van der Waals surface area contributed by atoms with Crippen molar-refractivity contribution >= 4 is 23.6 Å². The van der Waals surface area contributed by atoms with Crippen LogP contribution in [0, 0.1) is 11.3 Å². The number of hydrogen-bond donors (Lipinski definition) is 2. The molecule has 8 nitrogen and oxygen atoms in total. The number of nitrogens with two attached hydrogens (primary N) is 1. The van der Waals surface area contributed by atoms with Gasteiger partial charge < -0.3 is 20.7 Å². The van der Waals surface area contributed by atoms with E-state index in [4.69, 9.17) is 10.5 Å². The summed E-state index contributed by atoms with van der Waals surface area (Å²) in [4.78, 5) is 50.8. The van der Waals surface area contributed by atoms with Gasteiger partial charge in [-0.2, -0.15) is 0 Å². The Hall–Kier alpha value is -1.96. The van der Waals surface area contributed by atoms with Crippen molar-refractivity contribution in [2.45, 2.75) is 64.6 Å². The molecule has 1 aliphatic heterocycles. The summed E-state index contributed by atoms with van der Waals surface area (Å²) in [7, 11) is 1.28. The number of Topliss-reactive ketones (excluding diaryl/α,β-unsaturated/α-hetero) is 1. The molecule has 0 radical (unpaired) electrons. The van der Waals surface area contributed by atoms with Gasteiger partial charge in [-0.3, -0.25) is 14.4 Å². The molecule has 0 aromatic heterocycles. The molecular weight excluding hydrogens is 338 g/mol. The molecule has 1 unspecified atom stereocenters. The van der Waals surface area contributed by atoms with Crippen LogP contribution in [-0.2, 0) is 23.9 Å². The van der Waals surface area contributed by atoms with Gasteiger partial charge in [0.25, 0.3) is 0 Å². The fraction of sp³-hybridized carbons (Fsp3) is 0.778. The second-order valence-corrected chi connectivity index (χ2v) is 8.33. The van der Waals surface area contributed by atoms with E-state index >= 15 is 0 Å². The molecule has 1 aliphatic carbocycles. The Morgan fingerprint density at radius 1 is 1.38 bits per heavy atom. The quantitative estimate of drug-likeness (QED) is 0.660.